The topological polar surface area (TPSA) is 113 Å². The summed E-state index contributed by atoms with van der Waals surface area (Å²) in [5.74, 6) is 0.137. The third kappa shape index (κ3) is 4.90. The summed E-state index contributed by atoms with van der Waals surface area (Å²) in [5, 5.41) is 12.8. The summed E-state index contributed by atoms with van der Waals surface area (Å²) in [6.07, 6.45) is 1.35. The average molecular weight is 426 g/mol. The van der Waals surface area contributed by atoms with Crippen molar-refractivity contribution < 1.29 is 13.2 Å². The number of sulfonamides is 1. The van der Waals surface area contributed by atoms with Crippen molar-refractivity contribution in [1.82, 2.24) is 14.9 Å². The highest BCUT2D eigenvalue weighted by Crippen LogP contribution is 2.35. The number of hydrogen-bond donors (Lipinski definition) is 3. The Morgan fingerprint density at radius 2 is 1.68 bits per heavy atom. The number of nitrogens with zero attached hydrogens (tertiary/aromatic N) is 2. The highest BCUT2D eigenvalue weighted by Gasteiger charge is 2.25. The van der Waals surface area contributed by atoms with Gasteiger partial charge in [0.05, 0.1) is 11.9 Å². The maximum Gasteiger partial charge on any atom is 0.333 e. The third-order valence-electron chi connectivity index (χ3n) is 4.08. The van der Waals surface area contributed by atoms with Gasteiger partial charge >= 0.3 is 6.03 Å². The summed E-state index contributed by atoms with van der Waals surface area (Å²) in [5.41, 5.74) is 2.42. The summed E-state index contributed by atoms with van der Waals surface area (Å²) in [6, 6.07) is 4.10. The Bertz CT molecular complexity index is 948. The van der Waals surface area contributed by atoms with Gasteiger partial charge < -0.3 is 10.6 Å². The molecule has 0 atom stereocenters. The number of aromatic nitrogens is 2. The molecule has 0 aliphatic carbocycles. The Kier molecular flexibility index (Phi) is 6.84. The van der Waals surface area contributed by atoms with E-state index in [0.717, 1.165) is 11.1 Å². The van der Waals surface area contributed by atoms with Crippen molar-refractivity contribution in [2.75, 3.05) is 17.7 Å². The number of rotatable bonds is 6. The molecule has 0 bridgehead atoms. The summed E-state index contributed by atoms with van der Waals surface area (Å²) < 4.78 is 27.1. The van der Waals surface area contributed by atoms with E-state index in [2.05, 4.69) is 20.8 Å². The molecule has 2 amide bonds. The molecular weight excluding hydrogens is 402 g/mol. The van der Waals surface area contributed by atoms with Crippen LogP contribution in [-0.2, 0) is 10.0 Å². The lowest BCUT2D eigenvalue weighted by molar-refractivity contribution is 0.256. The minimum Gasteiger partial charge on any atom is -0.386 e. The van der Waals surface area contributed by atoms with Crippen molar-refractivity contribution in [3.05, 3.63) is 40.5 Å². The van der Waals surface area contributed by atoms with Gasteiger partial charge in [0.1, 0.15) is 0 Å². The highest BCUT2D eigenvalue weighted by molar-refractivity contribution is 7.90. The van der Waals surface area contributed by atoms with Crippen LogP contribution in [0.4, 0.5) is 16.2 Å². The zero-order chi connectivity index (χ0) is 21.1. The first-order chi connectivity index (χ1) is 13.1. The van der Waals surface area contributed by atoms with Gasteiger partial charge in [-0.15, -0.1) is 5.10 Å². The predicted octanol–water partition coefficient (Wildman–Crippen LogP) is 3.93. The molecule has 0 unspecified atom stereocenters. The normalized spacial score (nSPS) is 11.6. The van der Waals surface area contributed by atoms with E-state index < -0.39 is 16.1 Å². The van der Waals surface area contributed by atoms with Crippen LogP contribution >= 0.6 is 11.6 Å². The molecule has 0 saturated carbocycles. The number of carbonyl (C=O) groups excluding carboxylic acids is 1. The van der Waals surface area contributed by atoms with Gasteiger partial charge in [-0.3, -0.25) is 0 Å². The van der Waals surface area contributed by atoms with Crippen molar-refractivity contribution >= 4 is 39.0 Å². The minimum atomic E-state index is -4.22. The molecule has 0 spiro atoms. The van der Waals surface area contributed by atoms with E-state index in [1.54, 1.807) is 19.2 Å². The molecule has 2 aromatic rings. The third-order valence-corrected chi connectivity index (χ3v) is 5.57. The second-order valence-corrected chi connectivity index (χ2v) is 8.86. The molecule has 0 aliphatic heterocycles. The van der Waals surface area contributed by atoms with Crippen LogP contribution in [0.5, 0.6) is 0 Å². The molecule has 1 aromatic heterocycles. The Hall–Kier alpha value is -2.39. The van der Waals surface area contributed by atoms with E-state index in [0.29, 0.717) is 10.7 Å². The molecule has 10 heteroatoms. The van der Waals surface area contributed by atoms with Crippen molar-refractivity contribution in [2.24, 2.45) is 0 Å². The van der Waals surface area contributed by atoms with Crippen molar-refractivity contribution in [2.45, 2.75) is 44.6 Å². The molecule has 0 aliphatic rings. The smallest absolute Gasteiger partial charge is 0.333 e. The molecule has 1 heterocycles. The molecule has 1 aromatic carbocycles. The van der Waals surface area contributed by atoms with E-state index in [-0.39, 0.29) is 22.5 Å². The summed E-state index contributed by atoms with van der Waals surface area (Å²) in [4.78, 5) is 12.5. The first kappa shape index (κ1) is 21.9. The lowest BCUT2D eigenvalue weighted by Gasteiger charge is -2.21. The number of amides is 2. The van der Waals surface area contributed by atoms with Crippen LogP contribution in [0.2, 0.25) is 5.02 Å². The monoisotopic (exact) mass is 425 g/mol. The summed E-state index contributed by atoms with van der Waals surface area (Å²) in [7, 11) is -2.67. The standard InChI is InChI=1S/C18H24ClN5O3S/c1-10(2)13-8-12(19)9-14(11(3)4)16(13)22-18(25)24-28(26,27)17-15(20-5)6-7-21-23-17/h6-11H,1-5H3,(H,20,21)(H2,22,24,25). The largest absolute Gasteiger partial charge is 0.386 e. The number of hydrogen-bond acceptors (Lipinski definition) is 6. The molecule has 28 heavy (non-hydrogen) atoms. The zero-order valence-electron chi connectivity index (χ0n) is 16.4. The van der Waals surface area contributed by atoms with E-state index in [1.165, 1.54) is 12.3 Å². The molecule has 3 N–H and O–H groups in total. The van der Waals surface area contributed by atoms with Crippen LogP contribution in [-0.4, -0.2) is 31.7 Å². The van der Waals surface area contributed by atoms with E-state index in [4.69, 9.17) is 11.6 Å². The van der Waals surface area contributed by atoms with E-state index >= 15 is 0 Å². The first-order valence-electron chi connectivity index (χ1n) is 8.73. The molecular formula is C18H24ClN5O3S. The molecule has 8 nitrogen and oxygen atoms in total. The van der Waals surface area contributed by atoms with Crippen molar-refractivity contribution in [3.8, 4) is 0 Å². The van der Waals surface area contributed by atoms with Gasteiger partial charge in [-0.2, -0.15) is 13.5 Å². The van der Waals surface area contributed by atoms with Crippen LogP contribution in [0.25, 0.3) is 0 Å². The average Bonchev–Trinajstić information content (AvgIpc) is 2.61. The zero-order valence-corrected chi connectivity index (χ0v) is 17.9. The number of nitrogens with one attached hydrogen (secondary N) is 3. The van der Waals surface area contributed by atoms with Crippen LogP contribution in [0, 0.1) is 0 Å². The molecule has 0 fully saturated rings. The second-order valence-electron chi connectivity index (χ2n) is 6.83. The number of benzene rings is 1. The Morgan fingerprint density at radius 1 is 1.11 bits per heavy atom. The SMILES string of the molecule is CNc1ccnnc1S(=O)(=O)NC(=O)Nc1c(C(C)C)cc(Cl)cc1C(C)C. The van der Waals surface area contributed by atoms with Gasteiger partial charge in [0, 0.05) is 17.8 Å². The quantitative estimate of drug-likeness (QED) is 0.646. The fourth-order valence-electron chi connectivity index (χ4n) is 2.72. The fraction of sp³-hybridized carbons (Fsp3) is 0.389. The summed E-state index contributed by atoms with van der Waals surface area (Å²) in [6.45, 7) is 7.87. The van der Waals surface area contributed by atoms with Crippen molar-refractivity contribution in [1.29, 1.82) is 0 Å². The fourth-order valence-corrected chi connectivity index (χ4v) is 3.96. The van der Waals surface area contributed by atoms with Gasteiger partial charge in [0.2, 0.25) is 5.03 Å². The van der Waals surface area contributed by atoms with Gasteiger partial charge in [0.15, 0.2) is 0 Å². The number of anilines is 2. The van der Waals surface area contributed by atoms with Gasteiger partial charge in [0.25, 0.3) is 10.0 Å². The molecule has 2 rings (SSSR count). The Labute approximate surface area is 170 Å². The number of urea groups is 1. The molecule has 152 valence electrons. The van der Waals surface area contributed by atoms with Crippen LogP contribution in [0.3, 0.4) is 0 Å². The van der Waals surface area contributed by atoms with Gasteiger partial charge in [-0.05, 0) is 41.2 Å². The summed E-state index contributed by atoms with van der Waals surface area (Å²) >= 11 is 6.22. The molecule has 0 radical (unpaired) electrons. The molecule has 0 saturated heterocycles. The number of halogens is 1. The minimum absolute atomic E-state index is 0.0685. The van der Waals surface area contributed by atoms with Gasteiger partial charge in [-0.1, -0.05) is 39.3 Å². The highest BCUT2D eigenvalue weighted by atomic mass is 35.5. The van der Waals surface area contributed by atoms with Crippen LogP contribution < -0.4 is 15.4 Å². The predicted molar refractivity (Wildman–Crippen MR) is 111 cm³/mol. The van der Waals surface area contributed by atoms with Crippen molar-refractivity contribution in [3.63, 3.8) is 0 Å². The van der Waals surface area contributed by atoms with E-state index in [9.17, 15) is 13.2 Å². The maximum atomic E-state index is 12.6. The Morgan fingerprint density at radius 3 is 2.18 bits per heavy atom. The lowest BCUT2D eigenvalue weighted by atomic mass is 9.92. The Balaban J connectivity index is 2.38. The number of carbonyl (C=O) groups is 1. The van der Waals surface area contributed by atoms with Crippen LogP contribution in [0.1, 0.15) is 50.7 Å². The first-order valence-corrected chi connectivity index (χ1v) is 10.6. The second kappa shape index (κ2) is 8.74. The van der Waals surface area contributed by atoms with E-state index in [1.807, 2.05) is 32.4 Å². The van der Waals surface area contributed by atoms with Gasteiger partial charge in [-0.25, -0.2) is 9.52 Å². The lowest BCUT2D eigenvalue weighted by Crippen LogP contribution is -2.36. The van der Waals surface area contributed by atoms with Crippen LogP contribution in [0.15, 0.2) is 29.4 Å². The maximum absolute atomic E-state index is 12.6.